The van der Waals surface area contributed by atoms with Crippen LogP contribution in [0.5, 0.6) is 0 Å². The van der Waals surface area contributed by atoms with E-state index < -0.39 is 9.84 Å². The number of sulfone groups is 1. The number of fused-ring (bicyclic) bond motifs is 1. The normalized spacial score (nSPS) is 27.3. The lowest BCUT2D eigenvalue weighted by Gasteiger charge is -2.25. The molecule has 3 atom stereocenters. The van der Waals surface area contributed by atoms with Crippen LogP contribution < -0.4 is 0 Å². The molecule has 0 aromatic heterocycles. The zero-order chi connectivity index (χ0) is 15.4. The molecule has 1 aromatic carbocycles. The molecule has 2 aliphatic rings. The monoisotopic (exact) mass is 307 g/mol. The van der Waals surface area contributed by atoms with Gasteiger partial charge in [-0.2, -0.15) is 0 Å². The fourth-order valence-electron chi connectivity index (χ4n) is 3.22. The highest BCUT2D eigenvalue weighted by atomic mass is 32.2. The van der Waals surface area contributed by atoms with E-state index in [9.17, 15) is 18.0 Å². The maximum absolute atomic E-state index is 12.6. The Hall–Kier alpha value is -1.69. The number of nitrogens with zero attached hydrogens (tertiary/aromatic N) is 1. The summed E-state index contributed by atoms with van der Waals surface area (Å²) in [5.74, 6) is 0.478. The second kappa shape index (κ2) is 4.66. The molecule has 0 bridgehead atoms. The standard InChI is InChI=1S/C15H17NO4S/c1-9(17)14-13-7-11(13)8-16(14)15(18)10-4-3-5-12(6-10)21(2,19)20/h3-6,11,13-14H,7-8H2,1-2H3/t11-,13-,14+/m1/s1. The highest BCUT2D eigenvalue weighted by Gasteiger charge is 2.55. The largest absolute Gasteiger partial charge is 0.328 e. The minimum atomic E-state index is -3.35. The van der Waals surface area contributed by atoms with Crippen LogP contribution in [0, 0.1) is 11.8 Å². The summed E-state index contributed by atoms with van der Waals surface area (Å²) in [6.07, 6.45) is 2.12. The lowest BCUT2D eigenvalue weighted by molar-refractivity contribution is -0.121. The van der Waals surface area contributed by atoms with Crippen molar-refractivity contribution in [2.45, 2.75) is 24.3 Å². The molecule has 0 N–H and O–H groups in total. The third-order valence-electron chi connectivity index (χ3n) is 4.34. The van der Waals surface area contributed by atoms with E-state index in [1.807, 2.05) is 0 Å². The van der Waals surface area contributed by atoms with Gasteiger partial charge in [0.1, 0.15) is 0 Å². The molecule has 0 spiro atoms. The third kappa shape index (κ3) is 2.48. The van der Waals surface area contributed by atoms with E-state index in [4.69, 9.17) is 0 Å². The van der Waals surface area contributed by atoms with E-state index in [-0.39, 0.29) is 22.6 Å². The van der Waals surface area contributed by atoms with Gasteiger partial charge in [0.25, 0.3) is 5.91 Å². The van der Waals surface area contributed by atoms with Crippen molar-refractivity contribution in [2.75, 3.05) is 12.8 Å². The van der Waals surface area contributed by atoms with Crippen LogP contribution >= 0.6 is 0 Å². The molecule has 5 nitrogen and oxygen atoms in total. The van der Waals surface area contributed by atoms with Crippen LogP contribution in [0.25, 0.3) is 0 Å². The minimum absolute atomic E-state index is 0.00705. The average molecular weight is 307 g/mol. The quantitative estimate of drug-likeness (QED) is 0.839. The number of Topliss-reactive ketones (excluding diaryl/α,β-unsaturated/α-hetero) is 1. The summed E-state index contributed by atoms with van der Waals surface area (Å²) >= 11 is 0. The summed E-state index contributed by atoms with van der Waals surface area (Å²) in [4.78, 5) is 26.1. The van der Waals surface area contributed by atoms with Gasteiger partial charge in [0, 0.05) is 18.4 Å². The van der Waals surface area contributed by atoms with Gasteiger partial charge in [0.05, 0.1) is 10.9 Å². The topological polar surface area (TPSA) is 71.5 Å². The summed E-state index contributed by atoms with van der Waals surface area (Å²) in [5.41, 5.74) is 0.325. The zero-order valence-corrected chi connectivity index (χ0v) is 12.8. The molecule has 1 aliphatic carbocycles. The maximum Gasteiger partial charge on any atom is 0.254 e. The number of ketones is 1. The third-order valence-corrected chi connectivity index (χ3v) is 5.45. The highest BCUT2D eigenvalue weighted by molar-refractivity contribution is 7.90. The Balaban J connectivity index is 1.91. The molecule has 1 amide bonds. The first-order valence-corrected chi connectivity index (χ1v) is 8.79. The van der Waals surface area contributed by atoms with E-state index in [2.05, 4.69) is 0 Å². The molecule has 112 valence electrons. The van der Waals surface area contributed by atoms with Gasteiger partial charge in [-0.05, 0) is 43.4 Å². The Morgan fingerprint density at radius 3 is 2.62 bits per heavy atom. The number of rotatable bonds is 3. The highest BCUT2D eigenvalue weighted by Crippen LogP contribution is 2.50. The van der Waals surface area contributed by atoms with Gasteiger partial charge < -0.3 is 4.90 Å². The Morgan fingerprint density at radius 1 is 1.29 bits per heavy atom. The van der Waals surface area contributed by atoms with Crippen molar-refractivity contribution in [1.82, 2.24) is 4.90 Å². The second-order valence-electron chi connectivity index (χ2n) is 5.97. The van der Waals surface area contributed by atoms with Crippen LogP contribution in [-0.4, -0.2) is 43.9 Å². The molecule has 1 aromatic rings. The molecular weight excluding hydrogens is 290 g/mol. The summed E-state index contributed by atoms with van der Waals surface area (Å²) < 4.78 is 23.2. The fourth-order valence-corrected chi connectivity index (χ4v) is 3.89. The van der Waals surface area contributed by atoms with Crippen molar-refractivity contribution in [3.63, 3.8) is 0 Å². The van der Waals surface area contributed by atoms with Gasteiger partial charge in [0.15, 0.2) is 15.6 Å². The molecule has 0 radical (unpaired) electrons. The van der Waals surface area contributed by atoms with Crippen molar-refractivity contribution < 1.29 is 18.0 Å². The SMILES string of the molecule is CC(=O)[C@H]1[C@@H]2C[C@@H]2CN1C(=O)c1cccc(S(C)(=O)=O)c1. The molecule has 21 heavy (non-hydrogen) atoms. The fraction of sp³-hybridized carbons (Fsp3) is 0.467. The molecule has 2 fully saturated rings. The number of hydrogen-bond donors (Lipinski definition) is 0. The van der Waals surface area contributed by atoms with Gasteiger partial charge in [-0.25, -0.2) is 8.42 Å². The summed E-state index contributed by atoms with van der Waals surface area (Å²) in [7, 11) is -3.35. The minimum Gasteiger partial charge on any atom is -0.328 e. The second-order valence-corrected chi connectivity index (χ2v) is 7.99. The molecule has 6 heteroatoms. The van der Waals surface area contributed by atoms with Crippen LogP contribution in [0.4, 0.5) is 0 Å². The van der Waals surface area contributed by atoms with E-state index in [0.717, 1.165) is 12.7 Å². The molecule has 1 saturated heterocycles. The van der Waals surface area contributed by atoms with Gasteiger partial charge in [0.2, 0.25) is 0 Å². The van der Waals surface area contributed by atoms with E-state index in [1.165, 1.54) is 19.1 Å². The molecule has 3 rings (SSSR count). The predicted octanol–water partition coefficient (Wildman–Crippen LogP) is 1.14. The average Bonchev–Trinajstić information content (AvgIpc) is 3.07. The van der Waals surface area contributed by atoms with Crippen molar-refractivity contribution in [1.29, 1.82) is 0 Å². The van der Waals surface area contributed by atoms with Crippen molar-refractivity contribution in [2.24, 2.45) is 11.8 Å². The number of piperidine rings is 1. The van der Waals surface area contributed by atoms with E-state index in [0.29, 0.717) is 23.9 Å². The molecule has 1 saturated carbocycles. The van der Waals surface area contributed by atoms with E-state index >= 15 is 0 Å². The number of benzene rings is 1. The van der Waals surface area contributed by atoms with Gasteiger partial charge in [-0.1, -0.05) is 6.07 Å². The first-order chi connectivity index (χ1) is 9.79. The lowest BCUT2D eigenvalue weighted by atomic mass is 10.1. The number of amides is 1. The van der Waals surface area contributed by atoms with Crippen molar-refractivity contribution in [3.05, 3.63) is 29.8 Å². The number of carbonyl (C=O) groups excluding carboxylic acids is 2. The van der Waals surface area contributed by atoms with Crippen molar-refractivity contribution in [3.8, 4) is 0 Å². The Labute approximate surface area is 123 Å². The van der Waals surface area contributed by atoms with Gasteiger partial charge in [-0.3, -0.25) is 9.59 Å². The summed E-state index contributed by atoms with van der Waals surface area (Å²) in [6.45, 7) is 2.11. The first kappa shape index (κ1) is 14.3. The summed E-state index contributed by atoms with van der Waals surface area (Å²) in [6, 6.07) is 5.67. The smallest absolute Gasteiger partial charge is 0.254 e. The summed E-state index contributed by atoms with van der Waals surface area (Å²) in [5, 5.41) is 0. The Kier molecular flexibility index (Phi) is 3.16. The zero-order valence-electron chi connectivity index (χ0n) is 11.9. The number of carbonyl (C=O) groups is 2. The van der Waals surface area contributed by atoms with Crippen LogP contribution in [0.2, 0.25) is 0 Å². The van der Waals surface area contributed by atoms with Crippen LogP contribution in [0.1, 0.15) is 23.7 Å². The molecular formula is C15H17NO4S. The van der Waals surface area contributed by atoms with Gasteiger partial charge >= 0.3 is 0 Å². The number of likely N-dealkylation sites (tertiary alicyclic amines) is 1. The molecule has 1 aliphatic heterocycles. The Morgan fingerprint density at radius 2 is 2.00 bits per heavy atom. The van der Waals surface area contributed by atoms with E-state index in [1.54, 1.807) is 17.0 Å². The lowest BCUT2D eigenvalue weighted by Crippen LogP contribution is -2.42. The first-order valence-electron chi connectivity index (χ1n) is 6.90. The predicted molar refractivity (Wildman–Crippen MR) is 76.7 cm³/mol. The number of hydrogen-bond acceptors (Lipinski definition) is 4. The van der Waals surface area contributed by atoms with Gasteiger partial charge in [-0.15, -0.1) is 0 Å². The Bertz CT molecular complexity index is 725. The van der Waals surface area contributed by atoms with Crippen LogP contribution in [0.3, 0.4) is 0 Å². The van der Waals surface area contributed by atoms with Crippen LogP contribution in [0.15, 0.2) is 29.2 Å². The van der Waals surface area contributed by atoms with Crippen molar-refractivity contribution >= 4 is 21.5 Å². The maximum atomic E-state index is 12.6. The molecule has 0 unspecified atom stereocenters. The van der Waals surface area contributed by atoms with Crippen LogP contribution in [-0.2, 0) is 14.6 Å². The molecule has 1 heterocycles.